The zero-order valence-corrected chi connectivity index (χ0v) is 11.3. The van der Waals surface area contributed by atoms with Gasteiger partial charge in [0.1, 0.15) is 5.75 Å². The Labute approximate surface area is 113 Å². The molecule has 0 bridgehead atoms. The van der Waals surface area contributed by atoms with Gasteiger partial charge in [-0.05, 0) is 43.5 Å². The molecule has 1 aliphatic carbocycles. The number of nitrogens with zero attached hydrogens (tertiary/aromatic N) is 1. The number of methoxy groups -OCH3 is 1. The normalized spacial score (nSPS) is 15.0. The first kappa shape index (κ1) is 13.2. The number of ether oxygens (including phenoxy) is 1. The van der Waals surface area contributed by atoms with Gasteiger partial charge in [-0.3, -0.25) is 4.79 Å². The molecule has 1 aliphatic rings. The fourth-order valence-electron chi connectivity index (χ4n) is 2.14. The Hall–Kier alpha value is -1.22. The van der Waals surface area contributed by atoms with Crippen LogP contribution in [0, 0.1) is 0 Å². The van der Waals surface area contributed by atoms with E-state index in [0.29, 0.717) is 24.0 Å². The molecule has 18 heavy (non-hydrogen) atoms. The fraction of sp³-hybridized carbons (Fsp3) is 0.500. The first-order chi connectivity index (χ1) is 8.76. The molecule has 1 aromatic rings. The highest BCUT2D eigenvalue weighted by molar-refractivity contribution is 6.18. The quantitative estimate of drug-likeness (QED) is 0.768. The topological polar surface area (TPSA) is 29.5 Å². The summed E-state index contributed by atoms with van der Waals surface area (Å²) in [5, 5.41) is 0. The summed E-state index contributed by atoms with van der Waals surface area (Å²) >= 11 is 5.79. The second-order valence-electron chi connectivity index (χ2n) is 4.50. The van der Waals surface area contributed by atoms with Gasteiger partial charge in [0, 0.05) is 24.0 Å². The lowest BCUT2D eigenvalue weighted by Crippen LogP contribution is -2.45. The number of rotatable bonds is 5. The molecule has 0 atom stereocenters. The van der Waals surface area contributed by atoms with E-state index >= 15 is 0 Å². The summed E-state index contributed by atoms with van der Waals surface area (Å²) in [6.07, 6.45) is 3.40. The Morgan fingerprint density at radius 2 is 2.06 bits per heavy atom. The Morgan fingerprint density at radius 1 is 1.39 bits per heavy atom. The van der Waals surface area contributed by atoms with Gasteiger partial charge in [0.25, 0.3) is 5.91 Å². The van der Waals surface area contributed by atoms with Gasteiger partial charge in [-0.15, -0.1) is 11.6 Å². The number of benzene rings is 1. The van der Waals surface area contributed by atoms with Crippen LogP contribution < -0.4 is 4.74 Å². The van der Waals surface area contributed by atoms with E-state index in [9.17, 15) is 4.79 Å². The Balaban J connectivity index is 2.10. The van der Waals surface area contributed by atoms with Crippen LogP contribution in [-0.2, 0) is 0 Å². The molecule has 1 amide bonds. The van der Waals surface area contributed by atoms with Crippen molar-refractivity contribution in [2.45, 2.75) is 25.3 Å². The van der Waals surface area contributed by atoms with Crippen LogP contribution >= 0.6 is 11.6 Å². The van der Waals surface area contributed by atoms with Gasteiger partial charge in [0.2, 0.25) is 0 Å². The van der Waals surface area contributed by atoms with Crippen molar-refractivity contribution in [1.29, 1.82) is 0 Å². The van der Waals surface area contributed by atoms with Crippen LogP contribution in [0.3, 0.4) is 0 Å². The lowest BCUT2D eigenvalue weighted by molar-refractivity contribution is 0.0598. The molecule has 98 valence electrons. The van der Waals surface area contributed by atoms with Crippen molar-refractivity contribution in [3.05, 3.63) is 29.8 Å². The molecule has 0 saturated heterocycles. The smallest absolute Gasteiger partial charge is 0.254 e. The number of alkyl halides is 1. The minimum absolute atomic E-state index is 0.0722. The third kappa shape index (κ3) is 2.78. The van der Waals surface area contributed by atoms with Gasteiger partial charge in [-0.1, -0.05) is 0 Å². The summed E-state index contributed by atoms with van der Waals surface area (Å²) in [4.78, 5) is 14.3. The first-order valence-electron chi connectivity index (χ1n) is 6.27. The van der Waals surface area contributed by atoms with E-state index in [2.05, 4.69) is 0 Å². The highest BCUT2D eigenvalue weighted by Crippen LogP contribution is 2.26. The van der Waals surface area contributed by atoms with Crippen molar-refractivity contribution in [2.24, 2.45) is 0 Å². The van der Waals surface area contributed by atoms with Crippen molar-refractivity contribution in [1.82, 2.24) is 4.90 Å². The minimum atomic E-state index is 0.0722. The SMILES string of the molecule is COc1ccc(C(=O)N(CCCl)C2CCC2)cc1. The molecule has 1 aromatic carbocycles. The van der Waals surface area contributed by atoms with Gasteiger partial charge in [0.15, 0.2) is 0 Å². The molecule has 0 heterocycles. The molecule has 0 radical (unpaired) electrons. The number of carbonyl (C=O) groups excluding carboxylic acids is 1. The second kappa shape index (κ2) is 6.10. The molecular formula is C14H18ClNO2. The molecule has 1 fully saturated rings. The standard InChI is InChI=1S/C14H18ClNO2/c1-18-13-7-5-11(6-8-13)14(17)16(10-9-15)12-3-2-4-12/h5-8,12H,2-4,9-10H2,1H3. The number of carbonyl (C=O) groups is 1. The van der Waals surface area contributed by atoms with Crippen molar-refractivity contribution < 1.29 is 9.53 Å². The van der Waals surface area contributed by atoms with Gasteiger partial charge in [-0.2, -0.15) is 0 Å². The maximum absolute atomic E-state index is 12.4. The van der Waals surface area contributed by atoms with Crippen LogP contribution in [0.5, 0.6) is 5.75 Å². The highest BCUT2D eigenvalue weighted by Gasteiger charge is 2.28. The molecule has 2 rings (SSSR count). The van der Waals surface area contributed by atoms with Crippen molar-refractivity contribution >= 4 is 17.5 Å². The fourth-order valence-corrected chi connectivity index (χ4v) is 2.32. The molecule has 3 nitrogen and oxygen atoms in total. The third-order valence-electron chi connectivity index (χ3n) is 3.44. The van der Waals surface area contributed by atoms with Gasteiger partial charge in [-0.25, -0.2) is 0 Å². The molecule has 0 N–H and O–H groups in total. The van der Waals surface area contributed by atoms with Gasteiger partial charge in [0.05, 0.1) is 7.11 Å². The Bertz CT molecular complexity index is 401. The minimum Gasteiger partial charge on any atom is -0.497 e. The molecule has 0 spiro atoms. The summed E-state index contributed by atoms with van der Waals surface area (Å²) in [6.45, 7) is 0.622. The molecule has 1 saturated carbocycles. The molecule has 0 aliphatic heterocycles. The number of hydrogen-bond donors (Lipinski definition) is 0. The van der Waals surface area contributed by atoms with E-state index < -0.39 is 0 Å². The zero-order chi connectivity index (χ0) is 13.0. The van der Waals surface area contributed by atoms with E-state index in [0.717, 1.165) is 18.6 Å². The van der Waals surface area contributed by atoms with E-state index in [4.69, 9.17) is 16.3 Å². The number of amides is 1. The number of halogens is 1. The lowest BCUT2D eigenvalue weighted by atomic mass is 9.91. The maximum atomic E-state index is 12.4. The summed E-state index contributed by atoms with van der Waals surface area (Å²) in [5.41, 5.74) is 0.702. The van der Waals surface area contributed by atoms with Gasteiger partial charge >= 0.3 is 0 Å². The Morgan fingerprint density at radius 3 is 2.50 bits per heavy atom. The lowest BCUT2D eigenvalue weighted by Gasteiger charge is -2.37. The van der Waals surface area contributed by atoms with Crippen LogP contribution in [0.15, 0.2) is 24.3 Å². The van der Waals surface area contributed by atoms with Crippen LogP contribution in [-0.4, -0.2) is 36.4 Å². The van der Waals surface area contributed by atoms with Crippen LogP contribution in [0.4, 0.5) is 0 Å². The van der Waals surface area contributed by atoms with E-state index in [1.54, 1.807) is 19.2 Å². The van der Waals surface area contributed by atoms with Crippen LogP contribution in [0.25, 0.3) is 0 Å². The van der Waals surface area contributed by atoms with Gasteiger partial charge < -0.3 is 9.64 Å². The summed E-state index contributed by atoms with van der Waals surface area (Å²) < 4.78 is 5.09. The predicted molar refractivity (Wildman–Crippen MR) is 72.4 cm³/mol. The zero-order valence-electron chi connectivity index (χ0n) is 10.6. The highest BCUT2D eigenvalue weighted by atomic mass is 35.5. The molecule has 0 unspecified atom stereocenters. The maximum Gasteiger partial charge on any atom is 0.254 e. The van der Waals surface area contributed by atoms with Crippen LogP contribution in [0.1, 0.15) is 29.6 Å². The van der Waals surface area contributed by atoms with E-state index in [1.165, 1.54) is 6.42 Å². The average Bonchev–Trinajstić information content (AvgIpc) is 2.35. The monoisotopic (exact) mass is 267 g/mol. The third-order valence-corrected chi connectivity index (χ3v) is 3.61. The first-order valence-corrected chi connectivity index (χ1v) is 6.80. The summed E-state index contributed by atoms with van der Waals surface area (Å²) in [5.74, 6) is 1.32. The molecule has 0 aromatic heterocycles. The van der Waals surface area contributed by atoms with Crippen LogP contribution in [0.2, 0.25) is 0 Å². The summed E-state index contributed by atoms with van der Waals surface area (Å²) in [7, 11) is 1.62. The van der Waals surface area contributed by atoms with E-state index in [-0.39, 0.29) is 5.91 Å². The van der Waals surface area contributed by atoms with Crippen molar-refractivity contribution in [3.63, 3.8) is 0 Å². The Kier molecular flexibility index (Phi) is 4.48. The van der Waals surface area contributed by atoms with E-state index in [1.807, 2.05) is 17.0 Å². The van der Waals surface area contributed by atoms with Crippen molar-refractivity contribution in [2.75, 3.05) is 19.5 Å². The largest absolute Gasteiger partial charge is 0.497 e. The summed E-state index contributed by atoms with van der Waals surface area (Å²) in [6, 6.07) is 7.61. The molecule has 4 heteroatoms. The van der Waals surface area contributed by atoms with Crippen molar-refractivity contribution in [3.8, 4) is 5.75 Å². The average molecular weight is 268 g/mol. The molecular weight excluding hydrogens is 250 g/mol. The number of hydrogen-bond acceptors (Lipinski definition) is 2. The second-order valence-corrected chi connectivity index (χ2v) is 4.88. The predicted octanol–water partition coefficient (Wildman–Crippen LogP) is 2.93.